The lowest BCUT2D eigenvalue weighted by Gasteiger charge is -2.14. The molecule has 0 saturated carbocycles. The summed E-state index contributed by atoms with van der Waals surface area (Å²) < 4.78 is 43.1. The van der Waals surface area contributed by atoms with E-state index in [-0.39, 0.29) is 23.1 Å². The smallest absolute Gasteiger partial charge is 0.416 e. The summed E-state index contributed by atoms with van der Waals surface area (Å²) in [6.45, 7) is 1.17. The molecule has 0 spiro atoms. The number of alkyl halides is 3. The van der Waals surface area contributed by atoms with Crippen LogP contribution in [0.5, 0.6) is 0 Å². The molecule has 2 N–H and O–H groups in total. The highest BCUT2D eigenvalue weighted by molar-refractivity contribution is 5.96. The summed E-state index contributed by atoms with van der Waals surface area (Å²) in [5.74, 6) is -1.57. The van der Waals surface area contributed by atoms with Gasteiger partial charge in [0.25, 0.3) is 0 Å². The molecule has 0 bridgehead atoms. The average molecular weight is 316 g/mol. The van der Waals surface area contributed by atoms with Gasteiger partial charge in [0.15, 0.2) is 0 Å². The van der Waals surface area contributed by atoms with Gasteiger partial charge in [-0.1, -0.05) is 0 Å². The fourth-order valence-corrected chi connectivity index (χ4v) is 2.22. The van der Waals surface area contributed by atoms with E-state index in [2.05, 4.69) is 15.4 Å². The molecular weight excluding hydrogens is 301 g/mol. The molecule has 1 aromatic rings. The van der Waals surface area contributed by atoms with Crippen molar-refractivity contribution >= 4 is 17.6 Å². The van der Waals surface area contributed by atoms with Crippen LogP contribution >= 0.6 is 0 Å². The van der Waals surface area contributed by atoms with Crippen LogP contribution in [0.25, 0.3) is 0 Å². The number of methoxy groups -OCH3 is 1. The number of amides is 1. The zero-order chi connectivity index (χ0) is 16.3. The van der Waals surface area contributed by atoms with E-state index < -0.39 is 17.7 Å². The number of nitrogens with one attached hydrogen (secondary N) is 2. The van der Waals surface area contributed by atoms with Crippen molar-refractivity contribution in [3.05, 3.63) is 29.3 Å². The zero-order valence-corrected chi connectivity index (χ0v) is 11.8. The predicted molar refractivity (Wildman–Crippen MR) is 72.4 cm³/mol. The molecule has 1 atom stereocenters. The van der Waals surface area contributed by atoms with Gasteiger partial charge in [0.05, 0.1) is 24.2 Å². The lowest BCUT2D eigenvalue weighted by atomic mass is 10.1. The van der Waals surface area contributed by atoms with Crippen molar-refractivity contribution in [1.82, 2.24) is 5.32 Å². The van der Waals surface area contributed by atoms with Crippen LogP contribution in [0.1, 0.15) is 22.3 Å². The van der Waals surface area contributed by atoms with Gasteiger partial charge >= 0.3 is 12.1 Å². The number of anilines is 1. The van der Waals surface area contributed by atoms with E-state index in [4.69, 9.17) is 0 Å². The first-order chi connectivity index (χ1) is 10.3. The van der Waals surface area contributed by atoms with E-state index in [1.54, 1.807) is 0 Å². The second-order valence-electron chi connectivity index (χ2n) is 4.97. The lowest BCUT2D eigenvalue weighted by molar-refractivity contribution is -0.137. The predicted octanol–water partition coefficient (Wildman–Crippen LogP) is 2.04. The van der Waals surface area contributed by atoms with Gasteiger partial charge in [0.2, 0.25) is 5.91 Å². The molecule has 0 unspecified atom stereocenters. The maximum Gasteiger partial charge on any atom is 0.416 e. The van der Waals surface area contributed by atoms with Gasteiger partial charge in [-0.05, 0) is 31.2 Å². The monoisotopic (exact) mass is 316 g/mol. The van der Waals surface area contributed by atoms with Crippen molar-refractivity contribution in [3.63, 3.8) is 0 Å². The van der Waals surface area contributed by atoms with E-state index in [9.17, 15) is 22.8 Å². The Hall–Kier alpha value is -2.09. The maximum absolute atomic E-state index is 12.9. The van der Waals surface area contributed by atoms with Crippen molar-refractivity contribution < 1.29 is 27.5 Å². The van der Waals surface area contributed by atoms with Crippen LogP contribution in [-0.2, 0) is 15.7 Å². The van der Waals surface area contributed by atoms with Crippen molar-refractivity contribution in [1.29, 1.82) is 0 Å². The van der Waals surface area contributed by atoms with Gasteiger partial charge in [0.1, 0.15) is 0 Å². The largest absolute Gasteiger partial charge is 0.465 e. The molecule has 22 heavy (non-hydrogen) atoms. The van der Waals surface area contributed by atoms with Gasteiger partial charge in [0, 0.05) is 12.2 Å². The van der Waals surface area contributed by atoms with Gasteiger partial charge in [-0.15, -0.1) is 0 Å². The summed E-state index contributed by atoms with van der Waals surface area (Å²) in [6, 6.07) is 2.66. The van der Waals surface area contributed by atoms with Crippen LogP contribution in [0.4, 0.5) is 18.9 Å². The number of halogens is 3. The van der Waals surface area contributed by atoms with Crippen LogP contribution in [0, 0.1) is 5.92 Å². The molecule has 1 saturated heterocycles. The molecule has 0 aliphatic carbocycles. The Balaban J connectivity index is 2.29. The van der Waals surface area contributed by atoms with Gasteiger partial charge in [-0.2, -0.15) is 13.2 Å². The van der Waals surface area contributed by atoms with Crippen molar-refractivity contribution in [3.8, 4) is 0 Å². The number of rotatable bonds is 3. The molecular formula is C14H15F3N2O3. The highest BCUT2D eigenvalue weighted by atomic mass is 19.4. The summed E-state index contributed by atoms with van der Waals surface area (Å²) in [5.41, 5.74) is -1.36. The van der Waals surface area contributed by atoms with Crippen LogP contribution in [0.2, 0.25) is 0 Å². The topological polar surface area (TPSA) is 67.4 Å². The van der Waals surface area contributed by atoms with Gasteiger partial charge in [-0.25, -0.2) is 4.79 Å². The minimum absolute atomic E-state index is 0.0767. The van der Waals surface area contributed by atoms with Crippen molar-refractivity contribution in [2.45, 2.75) is 12.6 Å². The third-order valence-electron chi connectivity index (χ3n) is 3.38. The molecule has 1 fully saturated rings. The Kier molecular flexibility index (Phi) is 4.70. The third-order valence-corrected chi connectivity index (χ3v) is 3.38. The Morgan fingerprint density at radius 3 is 2.59 bits per heavy atom. The second-order valence-corrected chi connectivity index (χ2v) is 4.97. The molecule has 1 aromatic carbocycles. The maximum atomic E-state index is 12.9. The number of hydrogen-bond acceptors (Lipinski definition) is 4. The number of ether oxygens (including phenoxy) is 1. The summed E-state index contributed by atoms with van der Waals surface area (Å²) in [5, 5.41) is 5.43. The average Bonchev–Trinajstić information content (AvgIpc) is 2.99. The first kappa shape index (κ1) is 16.3. The Labute approximate surface area is 124 Å². The van der Waals surface area contributed by atoms with Crippen LogP contribution in [-0.4, -0.2) is 32.1 Å². The van der Waals surface area contributed by atoms with E-state index in [0.717, 1.165) is 13.2 Å². The molecule has 5 nitrogen and oxygen atoms in total. The van der Waals surface area contributed by atoms with E-state index in [1.807, 2.05) is 0 Å². The van der Waals surface area contributed by atoms with E-state index in [0.29, 0.717) is 25.6 Å². The minimum atomic E-state index is -4.63. The van der Waals surface area contributed by atoms with Crippen LogP contribution < -0.4 is 10.6 Å². The molecule has 1 aliphatic rings. The third kappa shape index (κ3) is 3.76. The van der Waals surface area contributed by atoms with Crippen molar-refractivity contribution in [2.24, 2.45) is 5.92 Å². The number of hydrogen-bond donors (Lipinski definition) is 2. The van der Waals surface area contributed by atoms with Crippen molar-refractivity contribution in [2.75, 3.05) is 25.5 Å². The number of carbonyl (C=O) groups is 2. The molecule has 8 heteroatoms. The molecule has 0 radical (unpaired) electrons. The standard InChI is InChI=1S/C14H15F3N2O3/c1-22-13(21)9-4-10(14(15,16)17)6-11(5-9)19-12(20)8-2-3-18-7-8/h4-6,8,18H,2-3,7H2,1H3,(H,19,20)/t8-/m1/s1. The Bertz CT molecular complexity index is 581. The molecule has 1 aliphatic heterocycles. The first-order valence-corrected chi connectivity index (χ1v) is 6.63. The highest BCUT2D eigenvalue weighted by Crippen LogP contribution is 2.32. The second kappa shape index (κ2) is 6.35. The minimum Gasteiger partial charge on any atom is -0.465 e. The Morgan fingerprint density at radius 1 is 1.32 bits per heavy atom. The fraction of sp³-hybridized carbons (Fsp3) is 0.429. The zero-order valence-electron chi connectivity index (χ0n) is 11.8. The highest BCUT2D eigenvalue weighted by Gasteiger charge is 2.32. The number of esters is 1. The molecule has 0 aromatic heterocycles. The summed E-state index contributed by atoms with van der Waals surface area (Å²) in [4.78, 5) is 23.5. The molecule has 1 amide bonds. The summed E-state index contributed by atoms with van der Waals surface area (Å²) in [6.07, 6.45) is -4.01. The van der Waals surface area contributed by atoms with E-state index >= 15 is 0 Å². The summed E-state index contributed by atoms with van der Waals surface area (Å²) >= 11 is 0. The molecule has 1 heterocycles. The fourth-order valence-electron chi connectivity index (χ4n) is 2.22. The molecule has 120 valence electrons. The van der Waals surface area contributed by atoms with Crippen LogP contribution in [0.3, 0.4) is 0 Å². The quantitative estimate of drug-likeness (QED) is 0.838. The van der Waals surface area contributed by atoms with Gasteiger partial charge < -0.3 is 15.4 Å². The van der Waals surface area contributed by atoms with Crippen LogP contribution in [0.15, 0.2) is 18.2 Å². The SMILES string of the molecule is COC(=O)c1cc(NC(=O)[C@@H]2CCNC2)cc(C(F)(F)F)c1. The first-order valence-electron chi connectivity index (χ1n) is 6.63. The summed E-state index contributed by atoms with van der Waals surface area (Å²) in [7, 11) is 1.07. The normalized spacial score (nSPS) is 18.1. The van der Waals surface area contributed by atoms with E-state index in [1.165, 1.54) is 6.07 Å². The number of benzene rings is 1. The Morgan fingerprint density at radius 2 is 2.05 bits per heavy atom. The number of carbonyl (C=O) groups excluding carboxylic acids is 2. The van der Waals surface area contributed by atoms with Gasteiger partial charge in [-0.3, -0.25) is 4.79 Å². The lowest BCUT2D eigenvalue weighted by Crippen LogP contribution is -2.25. The molecule has 2 rings (SSSR count).